The molecule has 1 aliphatic heterocycles. The van der Waals surface area contributed by atoms with Crippen LogP contribution < -0.4 is 10.6 Å². The Bertz CT molecular complexity index is 407. The molecule has 1 aliphatic rings. The fraction of sp³-hybridized carbons (Fsp3) is 0.571. The normalized spacial score (nSPS) is 17.4. The molecule has 0 spiro atoms. The maximum absolute atomic E-state index is 11.7. The number of morpholine rings is 1. The zero-order chi connectivity index (χ0) is 14.2. The van der Waals surface area contributed by atoms with Crippen molar-refractivity contribution in [1.82, 2.24) is 20.5 Å². The number of pyridine rings is 1. The van der Waals surface area contributed by atoms with Crippen LogP contribution in [0.1, 0.15) is 12.5 Å². The lowest BCUT2D eigenvalue weighted by Gasteiger charge is -2.32. The summed E-state index contributed by atoms with van der Waals surface area (Å²) in [4.78, 5) is 18.0. The first-order valence-corrected chi connectivity index (χ1v) is 6.98. The minimum Gasteiger partial charge on any atom is -0.379 e. The summed E-state index contributed by atoms with van der Waals surface area (Å²) in [5.41, 5.74) is 1.04. The van der Waals surface area contributed by atoms with Crippen molar-refractivity contribution in [2.24, 2.45) is 0 Å². The molecule has 0 aromatic carbocycles. The van der Waals surface area contributed by atoms with Gasteiger partial charge in [-0.1, -0.05) is 0 Å². The van der Waals surface area contributed by atoms with Crippen molar-refractivity contribution in [2.45, 2.75) is 19.5 Å². The van der Waals surface area contributed by atoms with E-state index in [9.17, 15) is 4.79 Å². The van der Waals surface area contributed by atoms with Crippen LogP contribution in [0, 0.1) is 0 Å². The number of hydrogen-bond acceptors (Lipinski definition) is 4. The van der Waals surface area contributed by atoms with Crippen molar-refractivity contribution >= 4 is 6.03 Å². The van der Waals surface area contributed by atoms with Crippen LogP contribution >= 0.6 is 0 Å². The summed E-state index contributed by atoms with van der Waals surface area (Å²) in [7, 11) is 0. The average Bonchev–Trinajstić information content (AvgIpc) is 2.52. The molecule has 1 unspecified atom stereocenters. The van der Waals surface area contributed by atoms with Gasteiger partial charge >= 0.3 is 6.03 Å². The standard InChI is InChI=1S/C14H22N4O2/c1-12(18-6-8-20-9-7-18)10-16-14(19)17-11-13-2-4-15-5-3-13/h2-5,12H,6-11H2,1H3,(H2,16,17,19). The second-order valence-corrected chi connectivity index (χ2v) is 4.92. The monoisotopic (exact) mass is 278 g/mol. The van der Waals surface area contributed by atoms with Gasteiger partial charge in [-0.15, -0.1) is 0 Å². The number of rotatable bonds is 5. The highest BCUT2D eigenvalue weighted by molar-refractivity contribution is 5.73. The Morgan fingerprint density at radius 1 is 1.35 bits per heavy atom. The largest absolute Gasteiger partial charge is 0.379 e. The van der Waals surface area contributed by atoms with E-state index in [1.54, 1.807) is 12.4 Å². The Balaban J connectivity index is 1.64. The lowest BCUT2D eigenvalue weighted by molar-refractivity contribution is 0.0209. The van der Waals surface area contributed by atoms with Crippen LogP contribution in [0.3, 0.4) is 0 Å². The molecule has 1 saturated heterocycles. The number of nitrogens with zero attached hydrogens (tertiary/aromatic N) is 2. The number of hydrogen-bond donors (Lipinski definition) is 2. The first-order valence-electron chi connectivity index (χ1n) is 6.98. The Kier molecular flexibility index (Phi) is 5.76. The highest BCUT2D eigenvalue weighted by Gasteiger charge is 2.17. The third-order valence-corrected chi connectivity index (χ3v) is 3.43. The Hall–Kier alpha value is -1.66. The van der Waals surface area contributed by atoms with E-state index < -0.39 is 0 Å². The molecule has 2 amide bonds. The number of carbonyl (C=O) groups is 1. The molecule has 1 aromatic rings. The van der Waals surface area contributed by atoms with Gasteiger partial charge < -0.3 is 15.4 Å². The summed E-state index contributed by atoms with van der Waals surface area (Å²) in [5.74, 6) is 0. The zero-order valence-electron chi connectivity index (χ0n) is 11.8. The van der Waals surface area contributed by atoms with Gasteiger partial charge in [-0.25, -0.2) is 4.79 Å². The number of ether oxygens (including phenoxy) is 1. The minimum absolute atomic E-state index is 0.137. The van der Waals surface area contributed by atoms with Crippen molar-refractivity contribution in [3.05, 3.63) is 30.1 Å². The molecule has 0 radical (unpaired) electrons. The van der Waals surface area contributed by atoms with Crippen LogP contribution in [-0.4, -0.2) is 54.8 Å². The Morgan fingerprint density at radius 2 is 2.05 bits per heavy atom. The second-order valence-electron chi connectivity index (χ2n) is 4.92. The van der Waals surface area contributed by atoms with Crippen LogP contribution in [0.5, 0.6) is 0 Å². The van der Waals surface area contributed by atoms with Gasteiger partial charge in [0, 0.05) is 44.6 Å². The van der Waals surface area contributed by atoms with Crippen LogP contribution in [0.4, 0.5) is 4.79 Å². The topological polar surface area (TPSA) is 66.5 Å². The molecule has 1 aromatic heterocycles. The van der Waals surface area contributed by atoms with Crippen molar-refractivity contribution in [3.63, 3.8) is 0 Å². The third-order valence-electron chi connectivity index (χ3n) is 3.43. The molecular weight excluding hydrogens is 256 g/mol. The van der Waals surface area contributed by atoms with E-state index in [2.05, 4.69) is 27.4 Å². The van der Waals surface area contributed by atoms with Gasteiger partial charge in [-0.2, -0.15) is 0 Å². The maximum atomic E-state index is 11.7. The van der Waals surface area contributed by atoms with Crippen LogP contribution in [0.15, 0.2) is 24.5 Å². The Labute approximate surface area is 119 Å². The molecule has 1 atom stereocenters. The van der Waals surface area contributed by atoms with Gasteiger partial charge in [-0.3, -0.25) is 9.88 Å². The van der Waals surface area contributed by atoms with Gasteiger partial charge in [0.05, 0.1) is 13.2 Å². The molecular formula is C14H22N4O2. The first kappa shape index (κ1) is 14.7. The van der Waals surface area contributed by atoms with Gasteiger partial charge in [0.2, 0.25) is 0 Å². The molecule has 110 valence electrons. The van der Waals surface area contributed by atoms with Gasteiger partial charge in [0.1, 0.15) is 0 Å². The lowest BCUT2D eigenvalue weighted by atomic mass is 10.2. The van der Waals surface area contributed by atoms with E-state index in [-0.39, 0.29) is 6.03 Å². The summed E-state index contributed by atoms with van der Waals surface area (Å²) in [6.07, 6.45) is 3.44. The van der Waals surface area contributed by atoms with Crippen LogP contribution in [-0.2, 0) is 11.3 Å². The highest BCUT2D eigenvalue weighted by Crippen LogP contribution is 2.02. The average molecular weight is 278 g/mol. The van der Waals surface area contributed by atoms with E-state index >= 15 is 0 Å². The summed E-state index contributed by atoms with van der Waals surface area (Å²) in [5, 5.41) is 5.74. The summed E-state index contributed by atoms with van der Waals surface area (Å²) < 4.78 is 5.32. The zero-order valence-corrected chi connectivity index (χ0v) is 11.8. The molecule has 6 heteroatoms. The van der Waals surface area contributed by atoms with Gasteiger partial charge in [-0.05, 0) is 24.6 Å². The molecule has 2 N–H and O–H groups in total. The fourth-order valence-electron chi connectivity index (χ4n) is 2.13. The first-order chi connectivity index (χ1) is 9.75. The minimum atomic E-state index is -0.137. The lowest BCUT2D eigenvalue weighted by Crippen LogP contribution is -2.48. The van der Waals surface area contributed by atoms with E-state index in [4.69, 9.17) is 4.74 Å². The number of aromatic nitrogens is 1. The van der Waals surface area contributed by atoms with E-state index in [0.29, 0.717) is 19.1 Å². The molecule has 0 aliphatic carbocycles. The number of nitrogens with one attached hydrogen (secondary N) is 2. The fourth-order valence-corrected chi connectivity index (χ4v) is 2.13. The number of urea groups is 1. The van der Waals surface area contributed by atoms with Crippen molar-refractivity contribution in [1.29, 1.82) is 0 Å². The van der Waals surface area contributed by atoms with Crippen molar-refractivity contribution in [2.75, 3.05) is 32.8 Å². The summed E-state index contributed by atoms with van der Waals surface area (Å²) in [6.45, 7) is 6.69. The smallest absolute Gasteiger partial charge is 0.315 e. The molecule has 20 heavy (non-hydrogen) atoms. The van der Waals surface area contributed by atoms with Crippen molar-refractivity contribution in [3.8, 4) is 0 Å². The molecule has 0 bridgehead atoms. The van der Waals surface area contributed by atoms with Gasteiger partial charge in [0.25, 0.3) is 0 Å². The van der Waals surface area contributed by atoms with Crippen LogP contribution in [0.25, 0.3) is 0 Å². The molecule has 2 heterocycles. The molecule has 6 nitrogen and oxygen atoms in total. The van der Waals surface area contributed by atoms with Crippen LogP contribution in [0.2, 0.25) is 0 Å². The summed E-state index contributed by atoms with van der Waals surface area (Å²) in [6, 6.07) is 3.96. The molecule has 2 rings (SSSR count). The number of amides is 2. The van der Waals surface area contributed by atoms with E-state index in [1.807, 2.05) is 12.1 Å². The van der Waals surface area contributed by atoms with Gasteiger partial charge in [0.15, 0.2) is 0 Å². The Morgan fingerprint density at radius 3 is 2.75 bits per heavy atom. The predicted molar refractivity (Wildman–Crippen MR) is 76.3 cm³/mol. The third kappa shape index (κ3) is 4.79. The maximum Gasteiger partial charge on any atom is 0.315 e. The molecule has 1 fully saturated rings. The van der Waals surface area contributed by atoms with E-state index in [1.165, 1.54) is 0 Å². The SMILES string of the molecule is CC(CNC(=O)NCc1ccncc1)N1CCOCC1. The predicted octanol–water partition coefficient (Wildman–Crippen LogP) is 0.602. The highest BCUT2D eigenvalue weighted by atomic mass is 16.5. The summed E-state index contributed by atoms with van der Waals surface area (Å²) >= 11 is 0. The van der Waals surface area contributed by atoms with E-state index in [0.717, 1.165) is 31.9 Å². The quantitative estimate of drug-likeness (QED) is 0.828. The second kappa shape index (κ2) is 7.81. The molecule has 0 saturated carbocycles. The van der Waals surface area contributed by atoms with Crippen molar-refractivity contribution < 1.29 is 9.53 Å². The number of carbonyl (C=O) groups excluding carboxylic acids is 1.